The molecule has 2 nitrogen and oxygen atoms in total. The van der Waals surface area contributed by atoms with Gasteiger partial charge in [-0.2, -0.15) is 0 Å². The van der Waals surface area contributed by atoms with Gasteiger partial charge >= 0.3 is 6.98 Å². The lowest BCUT2D eigenvalue weighted by atomic mass is 9.79. The third-order valence-corrected chi connectivity index (χ3v) is 2.58. The van der Waals surface area contributed by atoms with Crippen LogP contribution in [0.5, 0.6) is 5.75 Å². The van der Waals surface area contributed by atoms with E-state index in [0.29, 0.717) is 17.9 Å². The van der Waals surface area contributed by atoms with Crippen molar-refractivity contribution in [1.29, 1.82) is 0 Å². The molecule has 1 aromatic carbocycles. The Morgan fingerprint density at radius 1 is 1.22 bits per heavy atom. The quantitative estimate of drug-likeness (QED) is 0.575. The van der Waals surface area contributed by atoms with Gasteiger partial charge in [0, 0.05) is 6.54 Å². The van der Waals surface area contributed by atoms with E-state index in [1.807, 2.05) is 19.0 Å². The molecule has 1 rings (SSSR count). The molecule has 6 heteroatoms. The van der Waals surface area contributed by atoms with E-state index in [-0.39, 0.29) is 0 Å². The van der Waals surface area contributed by atoms with E-state index < -0.39 is 12.4 Å². The van der Waals surface area contributed by atoms with Crippen molar-refractivity contribution >= 4 is 12.4 Å². The standard InChI is InChI=1S/C12H18BF3NO/c1-10-9-11(13(14,15)16)5-6-12(10)18-8-4-7-17(2)3/h5-6,9H,4,7-8H2,1-3H3/q-1. The van der Waals surface area contributed by atoms with E-state index in [1.54, 1.807) is 6.92 Å². The van der Waals surface area contributed by atoms with Gasteiger partial charge in [-0.1, -0.05) is 12.1 Å². The summed E-state index contributed by atoms with van der Waals surface area (Å²) in [6, 6.07) is 3.62. The normalized spacial score (nSPS) is 11.9. The largest absolute Gasteiger partial charge is 0.509 e. The average Bonchev–Trinajstić information content (AvgIpc) is 2.24. The molecule has 0 amide bonds. The fourth-order valence-electron chi connectivity index (χ4n) is 1.60. The molecule has 0 heterocycles. The molecule has 0 aliphatic heterocycles. The predicted octanol–water partition coefficient (Wildman–Crippen LogP) is 2.38. The maximum absolute atomic E-state index is 12.5. The molecule has 1 aromatic rings. The number of rotatable bonds is 6. The zero-order valence-corrected chi connectivity index (χ0v) is 10.9. The van der Waals surface area contributed by atoms with Crippen LogP contribution in [0.1, 0.15) is 12.0 Å². The first-order chi connectivity index (χ1) is 8.30. The van der Waals surface area contributed by atoms with Gasteiger partial charge in [-0.05, 0) is 39.1 Å². The van der Waals surface area contributed by atoms with Crippen LogP contribution in [0.15, 0.2) is 18.2 Å². The van der Waals surface area contributed by atoms with Crippen molar-refractivity contribution in [2.24, 2.45) is 0 Å². The highest BCUT2D eigenvalue weighted by Gasteiger charge is 2.25. The minimum absolute atomic E-state index is 0.509. The van der Waals surface area contributed by atoms with Crippen LogP contribution in [-0.4, -0.2) is 39.1 Å². The second-order valence-electron chi connectivity index (χ2n) is 4.60. The summed E-state index contributed by atoms with van der Waals surface area (Å²) in [5, 5.41) is 0. The van der Waals surface area contributed by atoms with Crippen molar-refractivity contribution in [2.75, 3.05) is 27.2 Å². The van der Waals surface area contributed by atoms with Crippen LogP contribution in [0.25, 0.3) is 0 Å². The molecule has 0 fully saturated rings. The lowest BCUT2D eigenvalue weighted by Crippen LogP contribution is -2.34. The molecule has 0 aliphatic rings. The number of halogens is 3. The van der Waals surface area contributed by atoms with Gasteiger partial charge in [-0.3, -0.25) is 0 Å². The van der Waals surface area contributed by atoms with Crippen molar-refractivity contribution in [3.05, 3.63) is 23.8 Å². The zero-order chi connectivity index (χ0) is 13.8. The minimum atomic E-state index is -4.93. The molecule has 0 N–H and O–H groups in total. The van der Waals surface area contributed by atoms with E-state index in [1.165, 1.54) is 6.07 Å². The van der Waals surface area contributed by atoms with Crippen molar-refractivity contribution < 1.29 is 17.7 Å². The first-order valence-electron chi connectivity index (χ1n) is 5.88. The van der Waals surface area contributed by atoms with Crippen LogP contribution in [0.3, 0.4) is 0 Å². The van der Waals surface area contributed by atoms with Gasteiger partial charge in [0.15, 0.2) is 0 Å². The molecular weight excluding hydrogens is 242 g/mol. The molecule has 0 spiro atoms. The van der Waals surface area contributed by atoms with Crippen molar-refractivity contribution in [3.63, 3.8) is 0 Å². The highest BCUT2D eigenvalue weighted by molar-refractivity contribution is 6.73. The lowest BCUT2D eigenvalue weighted by molar-refractivity contribution is 0.280. The van der Waals surface area contributed by atoms with E-state index in [2.05, 4.69) is 0 Å². The highest BCUT2D eigenvalue weighted by atomic mass is 19.4. The van der Waals surface area contributed by atoms with Gasteiger partial charge in [0.1, 0.15) is 5.75 Å². The molecular formula is C12H18BF3NO-. The summed E-state index contributed by atoms with van der Waals surface area (Å²) >= 11 is 0. The van der Waals surface area contributed by atoms with Gasteiger partial charge in [-0.25, -0.2) is 0 Å². The van der Waals surface area contributed by atoms with Gasteiger partial charge in [0.2, 0.25) is 0 Å². The van der Waals surface area contributed by atoms with E-state index >= 15 is 0 Å². The first kappa shape index (κ1) is 14.9. The Balaban J connectivity index is 2.58. The fourth-order valence-corrected chi connectivity index (χ4v) is 1.60. The van der Waals surface area contributed by atoms with Crippen LogP contribution < -0.4 is 10.2 Å². The summed E-state index contributed by atoms with van der Waals surface area (Å²) in [6.45, 7) is -1.90. The second-order valence-corrected chi connectivity index (χ2v) is 4.60. The first-order valence-corrected chi connectivity index (χ1v) is 5.88. The van der Waals surface area contributed by atoms with Crippen LogP contribution in [0.4, 0.5) is 12.9 Å². The van der Waals surface area contributed by atoms with Gasteiger partial charge in [-0.15, -0.1) is 5.46 Å². The topological polar surface area (TPSA) is 12.5 Å². The second kappa shape index (κ2) is 6.13. The van der Waals surface area contributed by atoms with Gasteiger partial charge in [0.25, 0.3) is 0 Å². The number of benzene rings is 1. The molecule has 0 unspecified atom stereocenters. The SMILES string of the molecule is Cc1cc([B-](F)(F)F)ccc1OCCCN(C)C. The van der Waals surface area contributed by atoms with Crippen molar-refractivity contribution in [2.45, 2.75) is 13.3 Å². The van der Waals surface area contributed by atoms with E-state index in [4.69, 9.17) is 4.74 Å². The Hall–Kier alpha value is -1.17. The summed E-state index contributed by atoms with van der Waals surface area (Å²) < 4.78 is 43.0. The molecule has 0 saturated carbocycles. The fraction of sp³-hybridized carbons (Fsp3) is 0.500. The molecule has 0 atom stereocenters. The maximum Gasteiger partial charge on any atom is 0.509 e. The van der Waals surface area contributed by atoms with Crippen molar-refractivity contribution in [3.8, 4) is 5.75 Å². The molecule has 0 radical (unpaired) electrons. The third kappa shape index (κ3) is 4.60. The number of ether oxygens (including phenoxy) is 1. The Morgan fingerprint density at radius 2 is 1.89 bits per heavy atom. The van der Waals surface area contributed by atoms with Crippen LogP contribution in [-0.2, 0) is 0 Å². The number of hydrogen-bond donors (Lipinski definition) is 0. The summed E-state index contributed by atoms with van der Waals surface area (Å²) in [6.07, 6.45) is 0.845. The Kier molecular flexibility index (Phi) is 5.08. The number of aryl methyl sites for hydroxylation is 1. The Morgan fingerprint density at radius 3 is 2.39 bits per heavy atom. The highest BCUT2D eigenvalue weighted by Crippen LogP contribution is 2.19. The minimum Gasteiger partial charge on any atom is -0.493 e. The van der Waals surface area contributed by atoms with Crippen LogP contribution in [0, 0.1) is 6.92 Å². The summed E-state index contributed by atoms with van der Waals surface area (Å²) in [5.74, 6) is 0.526. The molecule has 102 valence electrons. The van der Waals surface area contributed by atoms with Crippen LogP contribution in [0.2, 0.25) is 0 Å². The number of nitrogens with zero attached hydrogens (tertiary/aromatic N) is 1. The zero-order valence-electron chi connectivity index (χ0n) is 10.9. The van der Waals surface area contributed by atoms with Crippen molar-refractivity contribution in [1.82, 2.24) is 4.90 Å². The summed E-state index contributed by atoms with van der Waals surface area (Å²) in [7, 11) is 3.93. The summed E-state index contributed by atoms with van der Waals surface area (Å²) in [5.41, 5.74) is -0.0512. The smallest absolute Gasteiger partial charge is 0.493 e. The number of hydrogen-bond acceptors (Lipinski definition) is 2. The van der Waals surface area contributed by atoms with Crippen LogP contribution >= 0.6 is 0 Å². The molecule has 0 aromatic heterocycles. The molecule has 0 aliphatic carbocycles. The Bertz CT molecular complexity index is 393. The van der Waals surface area contributed by atoms with Gasteiger partial charge in [0.05, 0.1) is 6.61 Å². The molecule has 0 saturated heterocycles. The van der Waals surface area contributed by atoms with E-state index in [0.717, 1.165) is 25.1 Å². The monoisotopic (exact) mass is 260 g/mol. The molecule has 18 heavy (non-hydrogen) atoms. The summed E-state index contributed by atoms with van der Waals surface area (Å²) in [4.78, 5) is 2.03. The maximum atomic E-state index is 12.5. The predicted molar refractivity (Wildman–Crippen MR) is 68.6 cm³/mol. The average molecular weight is 260 g/mol. The lowest BCUT2D eigenvalue weighted by Gasteiger charge is -2.17. The van der Waals surface area contributed by atoms with E-state index in [9.17, 15) is 12.9 Å². The van der Waals surface area contributed by atoms with Gasteiger partial charge < -0.3 is 22.6 Å². The Labute approximate surface area is 106 Å². The molecule has 0 bridgehead atoms. The third-order valence-electron chi connectivity index (χ3n) is 2.58.